The predicted molar refractivity (Wildman–Crippen MR) is 196 cm³/mol. The number of amides is 2. The third-order valence-electron chi connectivity index (χ3n) is 9.38. The first-order chi connectivity index (χ1) is 24.5. The van der Waals surface area contributed by atoms with Crippen molar-refractivity contribution in [1.29, 1.82) is 0 Å². The van der Waals surface area contributed by atoms with E-state index < -0.39 is 24.0 Å². The molecule has 0 saturated heterocycles. The average Bonchev–Trinajstić information content (AvgIpc) is 3.75. The first-order valence-corrected chi connectivity index (χ1v) is 17.7. The Kier molecular flexibility index (Phi) is 11.2. The van der Waals surface area contributed by atoms with Gasteiger partial charge in [-0.05, 0) is 112 Å². The lowest BCUT2D eigenvalue weighted by molar-refractivity contribution is -0.139. The van der Waals surface area contributed by atoms with E-state index in [0.717, 1.165) is 40.9 Å². The van der Waals surface area contributed by atoms with E-state index in [1.165, 1.54) is 0 Å². The van der Waals surface area contributed by atoms with Crippen LogP contribution in [0.1, 0.15) is 52.2 Å². The van der Waals surface area contributed by atoms with Crippen LogP contribution in [0.3, 0.4) is 0 Å². The van der Waals surface area contributed by atoms with Gasteiger partial charge in [0.05, 0.1) is 18.4 Å². The molecule has 3 atom stereocenters. The van der Waals surface area contributed by atoms with Gasteiger partial charge < -0.3 is 24.8 Å². The molecule has 1 saturated carbocycles. The summed E-state index contributed by atoms with van der Waals surface area (Å²) < 4.78 is 13.2. The molecule has 13 heteroatoms. The largest absolute Gasteiger partial charge is 0.490 e. The third-order valence-corrected chi connectivity index (χ3v) is 10.2. The Hall–Kier alpha value is -4.58. The number of rotatable bonds is 14. The molecular formula is C38H41Cl2N5O6. The van der Waals surface area contributed by atoms with Crippen molar-refractivity contribution in [1.82, 2.24) is 20.0 Å². The molecule has 0 bridgehead atoms. The van der Waals surface area contributed by atoms with Crippen molar-refractivity contribution in [2.24, 2.45) is 5.92 Å². The first-order valence-electron chi connectivity index (χ1n) is 16.9. The highest BCUT2D eigenvalue weighted by Crippen LogP contribution is 2.57. The number of halogens is 2. The number of carbonyl (C=O) groups is 3. The van der Waals surface area contributed by atoms with Crippen molar-refractivity contribution in [2.75, 3.05) is 45.3 Å². The number of benzene rings is 3. The van der Waals surface area contributed by atoms with Gasteiger partial charge in [0, 0.05) is 39.5 Å². The minimum absolute atomic E-state index is 0.0967. The van der Waals surface area contributed by atoms with Gasteiger partial charge in [-0.3, -0.25) is 14.4 Å². The van der Waals surface area contributed by atoms with Crippen molar-refractivity contribution in [3.8, 4) is 16.9 Å². The maximum Gasteiger partial charge on any atom is 0.414 e. The predicted octanol–water partition coefficient (Wildman–Crippen LogP) is 6.88. The van der Waals surface area contributed by atoms with Crippen LogP contribution in [0.15, 0.2) is 67.0 Å². The van der Waals surface area contributed by atoms with E-state index in [4.69, 9.17) is 32.7 Å². The Morgan fingerprint density at radius 3 is 2.67 bits per heavy atom. The van der Waals surface area contributed by atoms with Crippen LogP contribution in [0, 0.1) is 12.8 Å². The second-order valence-corrected chi connectivity index (χ2v) is 14.1. The van der Waals surface area contributed by atoms with Crippen LogP contribution >= 0.6 is 23.2 Å². The Bertz CT molecular complexity index is 1930. The molecule has 0 unspecified atom stereocenters. The number of ether oxygens (including phenoxy) is 2. The fourth-order valence-electron chi connectivity index (χ4n) is 6.55. The van der Waals surface area contributed by atoms with Crippen molar-refractivity contribution in [3.05, 3.63) is 99.3 Å². The van der Waals surface area contributed by atoms with Gasteiger partial charge in [-0.15, -0.1) is 0 Å². The van der Waals surface area contributed by atoms with Crippen molar-refractivity contribution >= 4 is 46.9 Å². The molecule has 0 spiro atoms. The molecule has 4 aromatic rings. The van der Waals surface area contributed by atoms with E-state index in [1.807, 2.05) is 62.4 Å². The Balaban J connectivity index is 1.12. The molecule has 268 valence electrons. The van der Waals surface area contributed by atoms with Crippen molar-refractivity contribution in [3.63, 3.8) is 0 Å². The zero-order chi connectivity index (χ0) is 36.2. The summed E-state index contributed by atoms with van der Waals surface area (Å²) in [6.07, 6.45) is 5.24. The van der Waals surface area contributed by atoms with Crippen LogP contribution in [0.4, 0.5) is 10.5 Å². The van der Waals surface area contributed by atoms with Crippen LogP contribution in [0.5, 0.6) is 5.75 Å². The molecule has 1 aromatic heterocycles. The molecule has 1 aliphatic heterocycles. The van der Waals surface area contributed by atoms with Crippen LogP contribution in [-0.4, -0.2) is 84.2 Å². The third kappa shape index (κ3) is 8.49. The van der Waals surface area contributed by atoms with E-state index in [-0.39, 0.29) is 13.2 Å². The van der Waals surface area contributed by atoms with Gasteiger partial charge in [0.1, 0.15) is 25.0 Å². The molecule has 2 amide bonds. The fraction of sp³-hybridized carbons (Fsp3) is 0.368. The lowest BCUT2D eigenvalue weighted by Crippen LogP contribution is -2.41. The molecule has 3 aromatic carbocycles. The van der Waals surface area contributed by atoms with E-state index in [9.17, 15) is 19.5 Å². The summed E-state index contributed by atoms with van der Waals surface area (Å²) in [5.41, 5.74) is 5.64. The molecule has 6 rings (SSSR count). The zero-order valence-electron chi connectivity index (χ0n) is 28.8. The summed E-state index contributed by atoms with van der Waals surface area (Å²) >= 11 is 12.7. The van der Waals surface area contributed by atoms with Gasteiger partial charge in [0.2, 0.25) is 0 Å². The topological polar surface area (TPSA) is 126 Å². The highest BCUT2D eigenvalue weighted by molar-refractivity contribution is 6.31. The lowest BCUT2D eigenvalue weighted by Gasteiger charge is -2.29. The smallest absolute Gasteiger partial charge is 0.414 e. The number of nitrogens with zero attached hydrogens (tertiary/aromatic N) is 4. The number of nitrogens with one attached hydrogen (secondary N) is 1. The van der Waals surface area contributed by atoms with Gasteiger partial charge in [-0.2, -0.15) is 5.10 Å². The Morgan fingerprint density at radius 1 is 1.08 bits per heavy atom. The quantitative estimate of drug-likeness (QED) is 0.134. The van der Waals surface area contributed by atoms with Crippen LogP contribution in [0.25, 0.3) is 11.1 Å². The summed E-state index contributed by atoms with van der Waals surface area (Å²) in [6, 6.07) is 15.3. The SMILES string of the molecule is Cc1c(Cl)cccc1OCCOC(=O)N1C[C@@H]2C[C@@H]2c2c(-c3cnn(Cc4cc(C(=O)N[C@@H](CCCN(C)C)C(=O)O)ccc4Cl)c3)cccc21. The molecule has 2 aliphatic rings. The molecule has 2 N–H and O–H groups in total. The molecule has 1 aliphatic carbocycles. The maximum atomic E-state index is 13.3. The van der Waals surface area contributed by atoms with Crippen molar-refractivity contribution < 1.29 is 29.0 Å². The number of hydrogen-bond donors (Lipinski definition) is 2. The Morgan fingerprint density at radius 2 is 1.88 bits per heavy atom. The number of fused-ring (bicyclic) bond motifs is 3. The standard InChI is InChI=1S/C38H41Cl2N5O6/c1-23-30(39)8-5-11-34(23)50-15-16-51-38(49)45-22-25-18-29(25)35-28(7-4-10-33(35)45)27-19-41-44(21-27)20-26-17-24(12-13-31(26)40)36(46)42-32(37(47)48)9-6-14-43(2)3/h4-5,7-8,10-13,17,19,21,25,29,32H,6,9,14-16,18,20,22H2,1-3H3,(H,42,46)(H,47,48)/t25-,29-,32-/m0/s1. The van der Waals surface area contributed by atoms with Gasteiger partial charge >= 0.3 is 12.1 Å². The second-order valence-electron chi connectivity index (χ2n) is 13.3. The molecule has 1 fully saturated rings. The number of hydrogen-bond acceptors (Lipinski definition) is 7. The van der Waals surface area contributed by atoms with Crippen LogP contribution in [0.2, 0.25) is 10.0 Å². The summed E-state index contributed by atoms with van der Waals surface area (Å²) in [5, 5.41) is 18.0. The lowest BCUT2D eigenvalue weighted by atomic mass is 9.93. The summed E-state index contributed by atoms with van der Waals surface area (Å²) in [6.45, 7) is 3.79. The minimum Gasteiger partial charge on any atom is -0.490 e. The summed E-state index contributed by atoms with van der Waals surface area (Å²) in [7, 11) is 3.83. The molecule has 51 heavy (non-hydrogen) atoms. The number of aliphatic carboxylic acids is 1. The number of carboxylic acid groups (broad SMARTS) is 1. The van der Waals surface area contributed by atoms with Gasteiger partial charge in [-0.1, -0.05) is 41.4 Å². The maximum absolute atomic E-state index is 13.3. The van der Waals surface area contributed by atoms with E-state index >= 15 is 0 Å². The summed E-state index contributed by atoms with van der Waals surface area (Å²) in [5.74, 6) is -0.194. The van der Waals surface area contributed by atoms with Crippen LogP contribution in [-0.2, 0) is 16.1 Å². The number of carbonyl (C=O) groups excluding carboxylic acids is 2. The average molecular weight is 735 g/mol. The summed E-state index contributed by atoms with van der Waals surface area (Å²) in [4.78, 5) is 41.9. The highest BCUT2D eigenvalue weighted by atomic mass is 35.5. The second kappa shape index (κ2) is 15.8. The molecule has 11 nitrogen and oxygen atoms in total. The van der Waals surface area contributed by atoms with Gasteiger partial charge in [-0.25, -0.2) is 9.59 Å². The first kappa shape index (κ1) is 36.2. The minimum atomic E-state index is -1.07. The molecular weight excluding hydrogens is 693 g/mol. The van der Waals surface area contributed by atoms with Gasteiger partial charge in [0.15, 0.2) is 0 Å². The number of aromatic nitrogens is 2. The molecule has 0 radical (unpaired) electrons. The van der Waals surface area contributed by atoms with Crippen LogP contribution < -0.4 is 15.0 Å². The number of carboxylic acids is 1. The fourth-order valence-corrected chi connectivity index (χ4v) is 6.90. The monoisotopic (exact) mass is 733 g/mol. The van der Waals surface area contributed by atoms with Gasteiger partial charge in [0.25, 0.3) is 5.91 Å². The molecule has 2 heterocycles. The van der Waals surface area contributed by atoms with Crippen molar-refractivity contribution in [2.45, 2.75) is 44.7 Å². The number of anilines is 1. The Labute approximate surface area is 307 Å². The van der Waals surface area contributed by atoms with E-state index in [2.05, 4.69) is 10.4 Å². The normalized spacial score (nSPS) is 16.6. The van der Waals surface area contributed by atoms with E-state index in [1.54, 1.807) is 40.0 Å². The zero-order valence-corrected chi connectivity index (χ0v) is 30.3. The van der Waals surface area contributed by atoms with E-state index in [0.29, 0.717) is 64.7 Å². The highest BCUT2D eigenvalue weighted by Gasteiger charge is 2.48.